The Morgan fingerprint density at radius 3 is 1.47 bits per heavy atom. The van der Waals surface area contributed by atoms with Gasteiger partial charge in [0.25, 0.3) is 0 Å². The lowest BCUT2D eigenvalue weighted by atomic mass is 10.6. The number of likely N-dealkylation sites (N-methyl/N-ethyl adjacent to an activating group) is 2. The van der Waals surface area contributed by atoms with Crippen LogP contribution in [0.25, 0.3) is 0 Å². The Kier molecular flexibility index (Phi) is 10.5. The van der Waals surface area contributed by atoms with Crippen LogP contribution in [0, 0.1) is 0 Å². The number of ether oxygens (including phenoxy) is 3. The van der Waals surface area contributed by atoms with E-state index in [9.17, 15) is 0 Å². The van der Waals surface area contributed by atoms with Crippen molar-refractivity contribution in [2.24, 2.45) is 0 Å². The first-order valence-electron chi connectivity index (χ1n) is 5.61. The molecule has 0 atom stereocenters. The molecule has 0 aromatic heterocycles. The van der Waals surface area contributed by atoms with Crippen LogP contribution < -0.4 is 0 Å². The lowest BCUT2D eigenvalue weighted by Gasteiger charge is -2.08. The molecule has 0 unspecified atom stereocenters. The predicted molar refractivity (Wildman–Crippen MR) is 68.4 cm³/mol. The third-order valence-electron chi connectivity index (χ3n) is 1.77. The summed E-state index contributed by atoms with van der Waals surface area (Å²) in [6.07, 6.45) is 5.99. The predicted octanol–water partition coefficient (Wildman–Crippen LogP) is 1.10. The van der Waals surface area contributed by atoms with Gasteiger partial charge >= 0.3 is 0 Å². The highest BCUT2D eigenvalue weighted by Crippen LogP contribution is 1.86. The summed E-state index contributed by atoms with van der Waals surface area (Å²) < 4.78 is 15.4. The second kappa shape index (κ2) is 11.3. The van der Waals surface area contributed by atoms with Gasteiger partial charge in [0.15, 0.2) is 0 Å². The molecule has 0 saturated carbocycles. The molecule has 0 aromatic carbocycles. The Labute approximate surface area is 104 Å². The normalized spacial score (nSPS) is 11.9. The molecule has 0 rings (SSSR count). The average molecular weight is 244 g/mol. The van der Waals surface area contributed by atoms with Crippen molar-refractivity contribution in [2.45, 2.75) is 0 Å². The van der Waals surface area contributed by atoms with Gasteiger partial charge in [-0.1, -0.05) is 0 Å². The summed E-state index contributed by atoms with van der Waals surface area (Å²) in [5, 5.41) is 0. The van der Waals surface area contributed by atoms with Crippen molar-refractivity contribution in [3.63, 3.8) is 0 Å². The Bertz CT molecular complexity index is 194. The second-order valence-electron chi connectivity index (χ2n) is 4.03. The molecule has 5 nitrogen and oxygen atoms in total. The highest BCUT2D eigenvalue weighted by Gasteiger charge is 1.87. The number of nitrogens with zero attached hydrogens (tertiary/aromatic N) is 2. The van der Waals surface area contributed by atoms with Crippen molar-refractivity contribution in [2.75, 3.05) is 54.5 Å². The smallest absolute Gasteiger partial charge is 0.125 e. The highest BCUT2D eigenvalue weighted by molar-refractivity contribution is 4.69. The quantitative estimate of drug-likeness (QED) is 0.425. The summed E-state index contributed by atoms with van der Waals surface area (Å²) in [5.74, 6) is 0. The minimum absolute atomic E-state index is 0.649. The molecule has 0 spiro atoms. The van der Waals surface area contributed by atoms with Crippen LogP contribution in [0.4, 0.5) is 0 Å². The molecule has 0 aliphatic carbocycles. The fourth-order valence-corrected chi connectivity index (χ4v) is 0.795. The van der Waals surface area contributed by atoms with Crippen molar-refractivity contribution in [1.29, 1.82) is 0 Å². The molecule has 100 valence electrons. The second-order valence-corrected chi connectivity index (χ2v) is 4.03. The molecule has 0 aromatic rings. The van der Waals surface area contributed by atoms with Gasteiger partial charge < -0.3 is 24.0 Å². The van der Waals surface area contributed by atoms with Crippen molar-refractivity contribution in [3.05, 3.63) is 25.0 Å². The van der Waals surface area contributed by atoms with Crippen LogP contribution in [0.1, 0.15) is 0 Å². The molecule has 0 saturated heterocycles. The first-order chi connectivity index (χ1) is 8.13. The van der Waals surface area contributed by atoms with Crippen molar-refractivity contribution in [3.8, 4) is 0 Å². The maximum Gasteiger partial charge on any atom is 0.125 e. The lowest BCUT2D eigenvalue weighted by molar-refractivity contribution is 0.194. The van der Waals surface area contributed by atoms with Gasteiger partial charge in [-0.05, 0) is 28.2 Å². The number of hydrogen-bond acceptors (Lipinski definition) is 5. The van der Waals surface area contributed by atoms with Crippen LogP contribution in [-0.2, 0) is 14.2 Å². The van der Waals surface area contributed by atoms with Gasteiger partial charge in [-0.3, -0.25) is 0 Å². The zero-order chi connectivity index (χ0) is 12.9. The lowest BCUT2D eigenvalue weighted by Crippen LogP contribution is -2.16. The molecule has 0 N–H and O–H groups in total. The van der Waals surface area contributed by atoms with Crippen molar-refractivity contribution >= 4 is 0 Å². The maximum atomic E-state index is 5.18. The zero-order valence-electron chi connectivity index (χ0n) is 11.3. The SMILES string of the molecule is CN(C)CCOC=COC=COCCN(C)C. The molecule has 17 heavy (non-hydrogen) atoms. The molecule has 0 bridgehead atoms. The Hall–Kier alpha value is -1.20. The van der Waals surface area contributed by atoms with E-state index in [4.69, 9.17) is 14.2 Å². The third kappa shape index (κ3) is 14.8. The van der Waals surface area contributed by atoms with Gasteiger partial charge in [0.2, 0.25) is 0 Å². The Morgan fingerprint density at radius 2 is 1.12 bits per heavy atom. The van der Waals surface area contributed by atoms with E-state index in [1.54, 1.807) is 0 Å². The first-order valence-corrected chi connectivity index (χ1v) is 5.61. The number of hydrogen-bond donors (Lipinski definition) is 0. The Morgan fingerprint density at radius 1 is 0.706 bits per heavy atom. The van der Waals surface area contributed by atoms with Crippen molar-refractivity contribution < 1.29 is 14.2 Å². The molecule has 0 fully saturated rings. The van der Waals surface area contributed by atoms with Gasteiger partial charge in [0.1, 0.15) is 38.3 Å². The molecule has 0 aliphatic heterocycles. The van der Waals surface area contributed by atoms with Crippen LogP contribution in [0.5, 0.6) is 0 Å². The van der Waals surface area contributed by atoms with Gasteiger partial charge in [-0.25, -0.2) is 0 Å². The van der Waals surface area contributed by atoms with Gasteiger partial charge in [-0.2, -0.15) is 0 Å². The summed E-state index contributed by atoms with van der Waals surface area (Å²) in [7, 11) is 7.99. The summed E-state index contributed by atoms with van der Waals surface area (Å²) in [6.45, 7) is 3.06. The zero-order valence-corrected chi connectivity index (χ0v) is 11.3. The van der Waals surface area contributed by atoms with E-state index < -0.39 is 0 Å². The molecule has 0 radical (unpaired) electrons. The van der Waals surface area contributed by atoms with Crippen LogP contribution in [-0.4, -0.2) is 64.3 Å². The van der Waals surface area contributed by atoms with E-state index in [1.165, 1.54) is 25.0 Å². The third-order valence-corrected chi connectivity index (χ3v) is 1.77. The largest absolute Gasteiger partial charge is 0.497 e. The molecule has 0 amide bonds. The first kappa shape index (κ1) is 15.8. The van der Waals surface area contributed by atoms with Gasteiger partial charge in [0.05, 0.1) is 0 Å². The van der Waals surface area contributed by atoms with E-state index in [0.717, 1.165) is 13.1 Å². The van der Waals surface area contributed by atoms with Crippen LogP contribution in [0.15, 0.2) is 25.0 Å². The fourth-order valence-electron chi connectivity index (χ4n) is 0.795. The van der Waals surface area contributed by atoms with E-state index in [-0.39, 0.29) is 0 Å². The molecular formula is C12H24N2O3. The van der Waals surface area contributed by atoms with Crippen LogP contribution in [0.3, 0.4) is 0 Å². The molecule has 5 heteroatoms. The van der Waals surface area contributed by atoms with E-state index in [2.05, 4.69) is 0 Å². The van der Waals surface area contributed by atoms with Gasteiger partial charge in [-0.15, -0.1) is 0 Å². The molecule has 0 aliphatic rings. The molecular weight excluding hydrogens is 220 g/mol. The van der Waals surface area contributed by atoms with Gasteiger partial charge in [0, 0.05) is 13.1 Å². The average Bonchev–Trinajstić information content (AvgIpc) is 2.25. The van der Waals surface area contributed by atoms with E-state index >= 15 is 0 Å². The monoisotopic (exact) mass is 244 g/mol. The highest BCUT2D eigenvalue weighted by atomic mass is 16.5. The minimum Gasteiger partial charge on any atom is -0.497 e. The van der Waals surface area contributed by atoms with E-state index in [0.29, 0.717) is 13.2 Å². The number of rotatable bonds is 10. The maximum absolute atomic E-state index is 5.18. The summed E-state index contributed by atoms with van der Waals surface area (Å²) in [4.78, 5) is 4.10. The van der Waals surface area contributed by atoms with Crippen LogP contribution >= 0.6 is 0 Å². The summed E-state index contributed by atoms with van der Waals surface area (Å²) in [5.41, 5.74) is 0. The van der Waals surface area contributed by atoms with Crippen LogP contribution in [0.2, 0.25) is 0 Å². The summed E-state index contributed by atoms with van der Waals surface area (Å²) in [6, 6.07) is 0. The van der Waals surface area contributed by atoms with Crippen molar-refractivity contribution in [1.82, 2.24) is 9.80 Å². The Balaban J connectivity index is 3.25. The van der Waals surface area contributed by atoms with E-state index in [1.807, 2.05) is 38.0 Å². The topological polar surface area (TPSA) is 34.2 Å². The summed E-state index contributed by atoms with van der Waals surface area (Å²) >= 11 is 0. The standard InChI is InChI=1S/C12H24N2O3/c1-13(2)5-7-15-9-11-17-12-10-16-8-6-14(3)4/h9-12H,5-8H2,1-4H3. The molecule has 0 heterocycles. The minimum atomic E-state index is 0.649. The fraction of sp³-hybridized carbons (Fsp3) is 0.667.